The van der Waals surface area contributed by atoms with Crippen LogP contribution in [0.25, 0.3) is 0 Å². The number of nitrogens with zero attached hydrogens (tertiary/aromatic N) is 1. The molecular weight excluding hydrogens is 124 g/mol. The van der Waals surface area contributed by atoms with Crippen LogP contribution in [-0.2, 0) is 0 Å². The molecule has 2 nitrogen and oxygen atoms in total. The highest BCUT2D eigenvalue weighted by Gasteiger charge is 1.90. The van der Waals surface area contributed by atoms with Gasteiger partial charge in [0.1, 0.15) is 0 Å². The highest BCUT2D eigenvalue weighted by atomic mass is 35.5. The quantitative estimate of drug-likeness (QED) is 0.421. The summed E-state index contributed by atoms with van der Waals surface area (Å²) in [6.07, 6.45) is 7.38. The van der Waals surface area contributed by atoms with E-state index in [-0.39, 0.29) is 0 Å². The molecule has 1 rings (SSSR count). The summed E-state index contributed by atoms with van der Waals surface area (Å²) < 4.78 is 0. The number of nitrogens with one attached hydrogen (secondary N) is 1. The summed E-state index contributed by atoms with van der Waals surface area (Å²) in [5, 5.41) is 2.89. The molecule has 1 aliphatic heterocycles. The van der Waals surface area contributed by atoms with Crippen LogP contribution < -0.4 is 5.32 Å². The molecule has 0 bridgehead atoms. The van der Waals surface area contributed by atoms with Crippen molar-refractivity contribution in [3.8, 4) is 0 Å². The lowest BCUT2D eigenvalue weighted by atomic mass is 10.6. The molecule has 0 radical (unpaired) electrons. The molecule has 1 N–H and O–H groups in total. The van der Waals surface area contributed by atoms with Gasteiger partial charge >= 0.3 is 0 Å². The number of hydrogen-bond donors (Lipinski definition) is 1. The van der Waals surface area contributed by atoms with Crippen molar-refractivity contribution < 1.29 is 0 Å². The second-order valence-corrected chi connectivity index (χ2v) is 1.67. The van der Waals surface area contributed by atoms with Gasteiger partial charge < -0.3 is 10.2 Å². The van der Waals surface area contributed by atoms with Gasteiger partial charge in [-0.2, -0.15) is 0 Å². The zero-order chi connectivity index (χ0) is 5.82. The molecule has 0 saturated carbocycles. The Bertz CT molecular complexity index is 108. The van der Waals surface area contributed by atoms with Crippen LogP contribution in [0.4, 0.5) is 0 Å². The summed E-state index contributed by atoms with van der Waals surface area (Å²) >= 11 is 5.48. The molecule has 0 saturated heterocycles. The molecule has 0 atom stereocenters. The van der Waals surface area contributed by atoms with E-state index < -0.39 is 0 Å². The first kappa shape index (κ1) is 5.51. The van der Waals surface area contributed by atoms with Crippen LogP contribution in [0.2, 0.25) is 0 Å². The Morgan fingerprint density at radius 3 is 2.38 bits per heavy atom. The number of alkyl halides is 1. The van der Waals surface area contributed by atoms with Gasteiger partial charge in [-0.15, -0.1) is 11.6 Å². The van der Waals surface area contributed by atoms with Gasteiger partial charge in [-0.05, 0) is 0 Å². The standard InChI is InChI=1S/C5H7ClN2/c6-5-8-3-1-7-2-4-8/h1-4,7H,5H2. The number of halogens is 1. The third-order valence-corrected chi connectivity index (χ3v) is 1.14. The molecule has 8 heavy (non-hydrogen) atoms. The minimum absolute atomic E-state index is 0.509. The SMILES string of the molecule is ClCN1C=CNC=C1. The van der Waals surface area contributed by atoms with Gasteiger partial charge in [-0.1, -0.05) is 0 Å². The summed E-state index contributed by atoms with van der Waals surface area (Å²) in [7, 11) is 0. The van der Waals surface area contributed by atoms with Crippen molar-refractivity contribution in [3.63, 3.8) is 0 Å². The molecule has 0 aromatic rings. The lowest BCUT2D eigenvalue weighted by Crippen LogP contribution is -2.13. The molecule has 0 aliphatic carbocycles. The lowest BCUT2D eigenvalue weighted by molar-refractivity contribution is 0.578. The average Bonchev–Trinajstić information content (AvgIpc) is 1.90. The van der Waals surface area contributed by atoms with Crippen LogP contribution in [0, 0.1) is 0 Å². The van der Waals surface area contributed by atoms with Gasteiger partial charge in [0, 0.05) is 24.8 Å². The molecule has 0 aromatic carbocycles. The summed E-state index contributed by atoms with van der Waals surface area (Å²) in [5.74, 6) is 0. The molecule has 0 aromatic heterocycles. The molecule has 1 aliphatic rings. The summed E-state index contributed by atoms with van der Waals surface area (Å²) in [4.78, 5) is 1.86. The Balaban J connectivity index is 2.42. The van der Waals surface area contributed by atoms with Crippen molar-refractivity contribution >= 4 is 11.6 Å². The van der Waals surface area contributed by atoms with E-state index in [2.05, 4.69) is 5.32 Å². The Hall–Kier alpha value is -0.630. The van der Waals surface area contributed by atoms with Crippen LogP contribution in [-0.4, -0.2) is 10.9 Å². The first-order valence-corrected chi connectivity index (χ1v) is 2.88. The van der Waals surface area contributed by atoms with Gasteiger partial charge in [0.15, 0.2) is 0 Å². The van der Waals surface area contributed by atoms with Gasteiger partial charge in [0.05, 0.1) is 6.00 Å². The van der Waals surface area contributed by atoms with Gasteiger partial charge in [-0.3, -0.25) is 0 Å². The molecular formula is C5H7ClN2. The number of hydrogen-bond acceptors (Lipinski definition) is 2. The summed E-state index contributed by atoms with van der Waals surface area (Å²) in [6.45, 7) is 0. The fraction of sp³-hybridized carbons (Fsp3) is 0.200. The second-order valence-electron chi connectivity index (χ2n) is 1.43. The predicted molar refractivity (Wildman–Crippen MR) is 34.0 cm³/mol. The maximum absolute atomic E-state index is 5.48. The zero-order valence-electron chi connectivity index (χ0n) is 4.34. The van der Waals surface area contributed by atoms with Crippen molar-refractivity contribution in [1.82, 2.24) is 10.2 Å². The van der Waals surface area contributed by atoms with Crippen LogP contribution >= 0.6 is 11.6 Å². The van der Waals surface area contributed by atoms with E-state index in [0.717, 1.165) is 0 Å². The largest absolute Gasteiger partial charge is 0.365 e. The topological polar surface area (TPSA) is 15.3 Å². The van der Waals surface area contributed by atoms with Gasteiger partial charge in [-0.25, -0.2) is 0 Å². The van der Waals surface area contributed by atoms with Crippen molar-refractivity contribution in [2.24, 2.45) is 0 Å². The molecule has 0 fully saturated rings. The molecule has 1 heterocycles. The van der Waals surface area contributed by atoms with Crippen molar-refractivity contribution in [1.29, 1.82) is 0 Å². The van der Waals surface area contributed by atoms with Gasteiger partial charge in [0.25, 0.3) is 0 Å². The van der Waals surface area contributed by atoms with Crippen molar-refractivity contribution in [3.05, 3.63) is 24.8 Å². The van der Waals surface area contributed by atoms with Crippen LogP contribution in [0.3, 0.4) is 0 Å². The minimum atomic E-state index is 0.509. The van der Waals surface area contributed by atoms with E-state index >= 15 is 0 Å². The third kappa shape index (κ3) is 1.17. The summed E-state index contributed by atoms with van der Waals surface area (Å²) in [5.41, 5.74) is 0. The van der Waals surface area contributed by atoms with E-state index in [1.165, 1.54) is 0 Å². The third-order valence-electron chi connectivity index (χ3n) is 0.862. The Labute approximate surface area is 53.4 Å². The van der Waals surface area contributed by atoms with Crippen molar-refractivity contribution in [2.45, 2.75) is 0 Å². The van der Waals surface area contributed by atoms with E-state index in [0.29, 0.717) is 6.00 Å². The summed E-state index contributed by atoms with van der Waals surface area (Å²) in [6, 6.07) is 0.509. The van der Waals surface area contributed by atoms with E-state index in [9.17, 15) is 0 Å². The molecule has 0 spiro atoms. The molecule has 44 valence electrons. The molecule has 0 amide bonds. The van der Waals surface area contributed by atoms with Gasteiger partial charge in [0.2, 0.25) is 0 Å². The number of rotatable bonds is 1. The van der Waals surface area contributed by atoms with E-state index in [1.54, 1.807) is 0 Å². The van der Waals surface area contributed by atoms with Crippen molar-refractivity contribution in [2.75, 3.05) is 6.00 Å². The van der Waals surface area contributed by atoms with Crippen LogP contribution in [0.1, 0.15) is 0 Å². The maximum atomic E-state index is 5.48. The molecule has 3 heteroatoms. The minimum Gasteiger partial charge on any atom is -0.365 e. The Morgan fingerprint density at radius 1 is 1.38 bits per heavy atom. The highest BCUT2D eigenvalue weighted by Crippen LogP contribution is 1.95. The maximum Gasteiger partial charge on any atom is 0.0967 e. The lowest BCUT2D eigenvalue weighted by Gasteiger charge is -2.13. The van der Waals surface area contributed by atoms with Crippen LogP contribution in [0.5, 0.6) is 0 Å². The van der Waals surface area contributed by atoms with Crippen LogP contribution in [0.15, 0.2) is 24.8 Å². The fourth-order valence-corrected chi connectivity index (χ4v) is 0.622. The predicted octanol–water partition coefficient (Wildman–Crippen LogP) is 1.03. The van der Waals surface area contributed by atoms with E-state index in [1.807, 2.05) is 29.7 Å². The smallest absolute Gasteiger partial charge is 0.0967 e. The highest BCUT2D eigenvalue weighted by molar-refractivity contribution is 6.17. The fourth-order valence-electron chi connectivity index (χ4n) is 0.462. The van der Waals surface area contributed by atoms with E-state index in [4.69, 9.17) is 11.6 Å². The Morgan fingerprint density at radius 2 is 2.00 bits per heavy atom. The first-order valence-electron chi connectivity index (χ1n) is 2.34. The zero-order valence-corrected chi connectivity index (χ0v) is 5.10. The normalized spacial score (nSPS) is 16.4. The average molecular weight is 131 g/mol. The second kappa shape index (κ2) is 2.62. The monoisotopic (exact) mass is 130 g/mol. The first-order chi connectivity index (χ1) is 3.93. The molecule has 0 unspecified atom stereocenters. The Kier molecular flexibility index (Phi) is 1.80.